The number of rotatable bonds is 9. The molecule has 0 aromatic heterocycles. The van der Waals surface area contributed by atoms with Gasteiger partial charge >= 0.3 is 5.97 Å². The van der Waals surface area contributed by atoms with Gasteiger partial charge in [0.2, 0.25) is 5.91 Å². The van der Waals surface area contributed by atoms with Crippen LogP contribution in [-0.2, 0) is 9.59 Å². The van der Waals surface area contributed by atoms with E-state index in [0.29, 0.717) is 34.3 Å². The van der Waals surface area contributed by atoms with E-state index in [9.17, 15) is 14.4 Å². The average molecular weight is 455 g/mol. The molecule has 0 saturated carbocycles. The Hall–Kier alpha value is -2.97. The molecular formula is C23H22N2O4S2. The predicted octanol–water partition coefficient (Wildman–Crippen LogP) is 4.79. The Labute approximate surface area is 190 Å². The summed E-state index contributed by atoms with van der Waals surface area (Å²) in [5.41, 5.74) is 1.55. The number of hydrogen-bond acceptors (Lipinski definition) is 5. The largest absolute Gasteiger partial charge is 0.478 e. The van der Waals surface area contributed by atoms with Crippen LogP contribution >= 0.6 is 24.0 Å². The maximum Gasteiger partial charge on any atom is 0.335 e. The van der Waals surface area contributed by atoms with Crippen LogP contribution < -0.4 is 5.32 Å². The molecule has 0 unspecified atom stereocenters. The third kappa shape index (κ3) is 6.50. The first-order valence-corrected chi connectivity index (χ1v) is 11.1. The summed E-state index contributed by atoms with van der Waals surface area (Å²) in [6.07, 6.45) is 4.36. The van der Waals surface area contributed by atoms with E-state index in [2.05, 4.69) is 5.32 Å². The minimum Gasteiger partial charge on any atom is -0.478 e. The fourth-order valence-electron chi connectivity index (χ4n) is 3.08. The molecule has 0 spiro atoms. The number of hydrogen-bond donors (Lipinski definition) is 2. The van der Waals surface area contributed by atoms with Gasteiger partial charge in [0.1, 0.15) is 4.32 Å². The highest BCUT2D eigenvalue weighted by molar-refractivity contribution is 8.26. The Morgan fingerprint density at radius 1 is 1.06 bits per heavy atom. The highest BCUT2D eigenvalue weighted by Gasteiger charge is 2.31. The van der Waals surface area contributed by atoms with Crippen LogP contribution in [0.1, 0.15) is 41.6 Å². The molecule has 3 rings (SSSR count). The second-order valence-corrected chi connectivity index (χ2v) is 8.66. The second-order valence-electron chi connectivity index (χ2n) is 6.99. The Balaban J connectivity index is 1.40. The van der Waals surface area contributed by atoms with Gasteiger partial charge in [-0.3, -0.25) is 14.5 Å². The van der Waals surface area contributed by atoms with Crippen LogP contribution in [0.3, 0.4) is 0 Å². The molecule has 0 radical (unpaired) electrons. The quantitative estimate of drug-likeness (QED) is 0.322. The minimum atomic E-state index is -1.04. The minimum absolute atomic E-state index is 0.0742. The van der Waals surface area contributed by atoms with E-state index in [0.717, 1.165) is 18.4 Å². The van der Waals surface area contributed by atoms with E-state index in [-0.39, 0.29) is 17.4 Å². The van der Waals surface area contributed by atoms with Crippen LogP contribution in [0.15, 0.2) is 59.5 Å². The Morgan fingerprint density at radius 2 is 1.84 bits per heavy atom. The van der Waals surface area contributed by atoms with Crippen molar-refractivity contribution in [3.63, 3.8) is 0 Å². The summed E-state index contributed by atoms with van der Waals surface area (Å²) in [5, 5.41) is 11.7. The monoisotopic (exact) mass is 454 g/mol. The first-order chi connectivity index (χ1) is 14.9. The van der Waals surface area contributed by atoms with Gasteiger partial charge in [-0.25, -0.2) is 4.79 Å². The van der Waals surface area contributed by atoms with Gasteiger partial charge in [-0.1, -0.05) is 66.8 Å². The van der Waals surface area contributed by atoms with Crippen molar-refractivity contribution in [2.75, 3.05) is 11.9 Å². The molecule has 0 bridgehead atoms. The van der Waals surface area contributed by atoms with E-state index in [4.69, 9.17) is 17.3 Å². The van der Waals surface area contributed by atoms with Crippen molar-refractivity contribution in [2.24, 2.45) is 0 Å². The van der Waals surface area contributed by atoms with Gasteiger partial charge in [-0.2, -0.15) is 0 Å². The lowest BCUT2D eigenvalue weighted by Crippen LogP contribution is -2.29. The molecule has 2 N–H and O–H groups in total. The molecular weight excluding hydrogens is 432 g/mol. The first kappa shape index (κ1) is 22.7. The molecule has 1 fully saturated rings. The first-order valence-electron chi connectivity index (χ1n) is 9.87. The molecule has 1 heterocycles. The molecule has 6 nitrogen and oxygen atoms in total. The summed E-state index contributed by atoms with van der Waals surface area (Å²) < 4.78 is 0.559. The van der Waals surface area contributed by atoms with Crippen molar-refractivity contribution in [1.82, 2.24) is 4.90 Å². The Bertz CT molecular complexity index is 1020. The normalized spacial score (nSPS) is 14.8. The van der Waals surface area contributed by atoms with E-state index in [1.54, 1.807) is 17.0 Å². The fraction of sp³-hybridized carbons (Fsp3) is 0.217. The van der Waals surface area contributed by atoms with Crippen molar-refractivity contribution in [1.29, 1.82) is 0 Å². The molecule has 1 saturated heterocycles. The zero-order valence-corrected chi connectivity index (χ0v) is 18.4. The number of aromatic carboxylic acids is 1. The van der Waals surface area contributed by atoms with Crippen molar-refractivity contribution >= 4 is 57.8 Å². The van der Waals surface area contributed by atoms with Crippen LogP contribution in [0.25, 0.3) is 6.08 Å². The summed E-state index contributed by atoms with van der Waals surface area (Å²) in [6, 6.07) is 15.8. The summed E-state index contributed by atoms with van der Waals surface area (Å²) in [4.78, 5) is 37.9. The predicted molar refractivity (Wildman–Crippen MR) is 127 cm³/mol. The van der Waals surface area contributed by atoms with Gasteiger partial charge in [0.05, 0.1) is 10.5 Å². The summed E-state index contributed by atoms with van der Waals surface area (Å²) >= 11 is 6.67. The number of carboxylic acids is 1. The van der Waals surface area contributed by atoms with Crippen molar-refractivity contribution in [3.8, 4) is 0 Å². The SMILES string of the molecule is O=C(CCCCCN1C(=O)C(=Cc2ccccc2)SC1=S)Nc1cccc(C(=O)O)c1. The molecule has 0 aliphatic carbocycles. The van der Waals surface area contributed by atoms with E-state index in [1.165, 1.54) is 23.9 Å². The number of carbonyl (C=O) groups is 3. The number of anilines is 1. The number of benzene rings is 2. The number of carbonyl (C=O) groups excluding carboxylic acids is 2. The van der Waals surface area contributed by atoms with Gasteiger partial charge in [0.15, 0.2) is 0 Å². The Morgan fingerprint density at radius 3 is 2.58 bits per heavy atom. The van der Waals surface area contributed by atoms with Crippen molar-refractivity contribution in [2.45, 2.75) is 25.7 Å². The summed E-state index contributed by atoms with van der Waals surface area (Å²) in [5.74, 6) is -1.28. The number of carboxylic acid groups (broad SMARTS) is 1. The van der Waals surface area contributed by atoms with Gasteiger partial charge in [-0.15, -0.1) is 0 Å². The van der Waals surface area contributed by atoms with Crippen LogP contribution in [0.2, 0.25) is 0 Å². The maximum absolute atomic E-state index is 12.6. The van der Waals surface area contributed by atoms with Crippen molar-refractivity contribution in [3.05, 3.63) is 70.6 Å². The van der Waals surface area contributed by atoms with Gasteiger partial charge in [-0.05, 0) is 42.7 Å². The smallest absolute Gasteiger partial charge is 0.335 e. The second kappa shape index (κ2) is 10.9. The number of thiocarbonyl (C=S) groups is 1. The highest BCUT2D eigenvalue weighted by Crippen LogP contribution is 2.32. The average Bonchev–Trinajstić information content (AvgIpc) is 3.01. The van der Waals surface area contributed by atoms with Crippen LogP contribution in [0.5, 0.6) is 0 Å². The standard InChI is InChI=1S/C23H22N2O4S2/c26-20(24-18-11-7-10-17(15-18)22(28)29)12-5-2-6-13-25-21(27)19(31-23(25)30)14-16-8-3-1-4-9-16/h1,3-4,7-11,14-15H,2,5-6,12-13H2,(H,24,26)(H,28,29). The van der Waals surface area contributed by atoms with Crippen LogP contribution in [0.4, 0.5) is 5.69 Å². The molecule has 31 heavy (non-hydrogen) atoms. The third-order valence-electron chi connectivity index (χ3n) is 4.65. The molecule has 160 valence electrons. The Kier molecular flexibility index (Phi) is 7.97. The molecule has 2 aromatic rings. The fourth-order valence-corrected chi connectivity index (χ4v) is 4.39. The summed E-state index contributed by atoms with van der Waals surface area (Å²) in [6.45, 7) is 0.527. The topological polar surface area (TPSA) is 86.7 Å². The van der Waals surface area contributed by atoms with Gasteiger partial charge in [0, 0.05) is 18.7 Å². The number of nitrogens with one attached hydrogen (secondary N) is 1. The molecule has 1 aliphatic rings. The highest BCUT2D eigenvalue weighted by atomic mass is 32.2. The van der Waals surface area contributed by atoms with Gasteiger partial charge < -0.3 is 10.4 Å². The lowest BCUT2D eigenvalue weighted by Gasteiger charge is -2.14. The summed E-state index contributed by atoms with van der Waals surface area (Å²) in [7, 11) is 0. The lowest BCUT2D eigenvalue weighted by atomic mass is 10.1. The molecule has 0 atom stereocenters. The maximum atomic E-state index is 12.6. The van der Waals surface area contributed by atoms with Gasteiger partial charge in [0.25, 0.3) is 5.91 Å². The van der Waals surface area contributed by atoms with E-state index >= 15 is 0 Å². The number of thioether (sulfide) groups is 1. The third-order valence-corrected chi connectivity index (χ3v) is 6.03. The van der Waals surface area contributed by atoms with E-state index in [1.807, 2.05) is 36.4 Å². The van der Waals surface area contributed by atoms with Crippen LogP contribution in [-0.4, -0.2) is 38.7 Å². The molecule has 2 amide bonds. The molecule has 2 aromatic carbocycles. The zero-order valence-electron chi connectivity index (χ0n) is 16.7. The molecule has 8 heteroatoms. The number of unbranched alkanes of at least 4 members (excludes halogenated alkanes) is 2. The molecule has 1 aliphatic heterocycles. The van der Waals surface area contributed by atoms with Crippen molar-refractivity contribution < 1.29 is 19.5 Å². The van der Waals surface area contributed by atoms with Crippen LogP contribution in [0, 0.1) is 0 Å². The number of nitrogens with zero attached hydrogens (tertiary/aromatic N) is 1. The number of amides is 2. The lowest BCUT2D eigenvalue weighted by molar-refractivity contribution is -0.122. The zero-order chi connectivity index (χ0) is 22.2. The van der Waals surface area contributed by atoms with E-state index < -0.39 is 5.97 Å².